The van der Waals surface area contributed by atoms with Crippen molar-refractivity contribution in [2.24, 2.45) is 0 Å². The van der Waals surface area contributed by atoms with Crippen LogP contribution in [-0.4, -0.2) is 0 Å². The van der Waals surface area contributed by atoms with Crippen LogP contribution in [0.15, 0.2) is 72.8 Å². The van der Waals surface area contributed by atoms with Crippen molar-refractivity contribution < 1.29 is 0 Å². The molecular formula is C20H19Cl. The minimum Gasteiger partial charge on any atom is -0.117 e. The molecular weight excluding hydrogens is 276 g/mol. The zero-order valence-corrected chi connectivity index (χ0v) is 12.9. The van der Waals surface area contributed by atoms with E-state index in [1.165, 1.54) is 21.9 Å². The van der Waals surface area contributed by atoms with Crippen LogP contribution in [0.1, 0.15) is 35.8 Å². The van der Waals surface area contributed by atoms with Gasteiger partial charge >= 0.3 is 0 Å². The van der Waals surface area contributed by atoms with Gasteiger partial charge in [-0.15, -0.1) is 11.6 Å². The largest absolute Gasteiger partial charge is 0.117 e. The highest BCUT2D eigenvalue weighted by Crippen LogP contribution is 2.41. The number of alkyl halides is 1. The van der Waals surface area contributed by atoms with Crippen molar-refractivity contribution in [3.63, 3.8) is 0 Å². The molecule has 0 aliphatic carbocycles. The van der Waals surface area contributed by atoms with Gasteiger partial charge in [-0.1, -0.05) is 79.7 Å². The molecule has 0 N–H and O–H groups in total. The van der Waals surface area contributed by atoms with Crippen LogP contribution in [0.2, 0.25) is 0 Å². The molecule has 21 heavy (non-hydrogen) atoms. The van der Waals surface area contributed by atoms with Crippen LogP contribution in [0, 0.1) is 0 Å². The van der Waals surface area contributed by atoms with Crippen molar-refractivity contribution in [1.29, 1.82) is 0 Å². The fourth-order valence-electron chi connectivity index (χ4n) is 3.02. The third-order valence-electron chi connectivity index (χ3n) is 4.14. The van der Waals surface area contributed by atoms with Gasteiger partial charge in [0.05, 0.1) is 5.38 Å². The summed E-state index contributed by atoms with van der Waals surface area (Å²) in [7, 11) is 0. The van der Waals surface area contributed by atoms with Crippen LogP contribution in [-0.2, 0) is 0 Å². The standard InChI is InChI=1S/C20H19Cl/c1-2-17(15-9-4-3-5-10-15)20(21)19-14-8-12-16-11-6-7-13-18(16)19/h3-14,17,20H,2H2,1H3. The number of hydrogen-bond donors (Lipinski definition) is 0. The van der Waals surface area contributed by atoms with Crippen LogP contribution >= 0.6 is 11.6 Å². The van der Waals surface area contributed by atoms with E-state index in [0.29, 0.717) is 5.92 Å². The maximum atomic E-state index is 6.89. The summed E-state index contributed by atoms with van der Waals surface area (Å²) in [5.41, 5.74) is 2.54. The molecule has 2 atom stereocenters. The molecule has 0 spiro atoms. The first-order valence-corrected chi connectivity index (χ1v) is 7.91. The van der Waals surface area contributed by atoms with Crippen molar-refractivity contribution >= 4 is 22.4 Å². The van der Waals surface area contributed by atoms with Gasteiger partial charge in [0.2, 0.25) is 0 Å². The van der Waals surface area contributed by atoms with Gasteiger partial charge in [0.25, 0.3) is 0 Å². The molecule has 3 rings (SSSR count). The second kappa shape index (κ2) is 6.32. The van der Waals surface area contributed by atoms with E-state index in [1.807, 2.05) is 0 Å². The fourth-order valence-corrected chi connectivity index (χ4v) is 3.53. The lowest BCUT2D eigenvalue weighted by Crippen LogP contribution is -2.06. The molecule has 1 heteroatoms. The molecule has 0 fully saturated rings. The highest BCUT2D eigenvalue weighted by molar-refractivity contribution is 6.22. The third-order valence-corrected chi connectivity index (χ3v) is 4.68. The lowest BCUT2D eigenvalue weighted by Gasteiger charge is -2.23. The third kappa shape index (κ3) is 2.82. The minimum atomic E-state index is -0.0106. The van der Waals surface area contributed by atoms with E-state index in [-0.39, 0.29) is 5.38 Å². The average molecular weight is 295 g/mol. The van der Waals surface area contributed by atoms with Crippen LogP contribution in [0.5, 0.6) is 0 Å². The van der Waals surface area contributed by atoms with E-state index < -0.39 is 0 Å². The molecule has 3 aromatic carbocycles. The Hall–Kier alpha value is -1.79. The summed E-state index contributed by atoms with van der Waals surface area (Å²) in [6.07, 6.45) is 1.03. The normalized spacial score (nSPS) is 14.0. The van der Waals surface area contributed by atoms with Gasteiger partial charge in [0, 0.05) is 5.92 Å². The Morgan fingerprint density at radius 2 is 1.48 bits per heavy atom. The van der Waals surface area contributed by atoms with Crippen LogP contribution in [0.4, 0.5) is 0 Å². The van der Waals surface area contributed by atoms with Gasteiger partial charge in [-0.2, -0.15) is 0 Å². The van der Waals surface area contributed by atoms with Crippen LogP contribution in [0.25, 0.3) is 10.8 Å². The van der Waals surface area contributed by atoms with Crippen molar-refractivity contribution in [3.05, 3.63) is 83.9 Å². The highest BCUT2D eigenvalue weighted by Gasteiger charge is 2.22. The lowest BCUT2D eigenvalue weighted by atomic mass is 9.87. The molecule has 0 saturated carbocycles. The van der Waals surface area contributed by atoms with E-state index in [0.717, 1.165) is 6.42 Å². The zero-order valence-electron chi connectivity index (χ0n) is 12.2. The molecule has 0 amide bonds. The molecule has 0 saturated heterocycles. The Balaban J connectivity index is 2.05. The summed E-state index contributed by atoms with van der Waals surface area (Å²) < 4.78 is 0. The Morgan fingerprint density at radius 1 is 0.810 bits per heavy atom. The first-order chi connectivity index (χ1) is 10.3. The van der Waals surface area contributed by atoms with Crippen molar-refractivity contribution in [2.75, 3.05) is 0 Å². The monoisotopic (exact) mass is 294 g/mol. The number of fused-ring (bicyclic) bond motifs is 1. The second-order valence-corrected chi connectivity index (χ2v) is 5.87. The lowest BCUT2D eigenvalue weighted by molar-refractivity contribution is 0.643. The summed E-state index contributed by atoms with van der Waals surface area (Å²) in [4.78, 5) is 0. The van der Waals surface area contributed by atoms with Crippen molar-refractivity contribution in [2.45, 2.75) is 24.6 Å². The van der Waals surface area contributed by atoms with Crippen LogP contribution < -0.4 is 0 Å². The van der Waals surface area contributed by atoms with Gasteiger partial charge in [-0.25, -0.2) is 0 Å². The summed E-state index contributed by atoms with van der Waals surface area (Å²) in [6, 6.07) is 25.4. The molecule has 0 radical (unpaired) electrons. The van der Waals surface area contributed by atoms with E-state index in [1.54, 1.807) is 0 Å². The molecule has 0 heterocycles. The molecule has 0 bridgehead atoms. The number of hydrogen-bond acceptors (Lipinski definition) is 0. The Labute approximate surface area is 131 Å². The average Bonchev–Trinajstić information content (AvgIpc) is 2.56. The quantitative estimate of drug-likeness (QED) is 0.494. The maximum Gasteiger partial charge on any atom is 0.0659 e. The molecule has 0 aromatic heterocycles. The zero-order chi connectivity index (χ0) is 14.7. The Bertz CT molecular complexity index is 713. The number of halogens is 1. The number of rotatable bonds is 4. The van der Waals surface area contributed by atoms with Crippen LogP contribution in [0.3, 0.4) is 0 Å². The Kier molecular flexibility index (Phi) is 4.26. The topological polar surface area (TPSA) is 0 Å². The van der Waals surface area contributed by atoms with E-state index >= 15 is 0 Å². The predicted octanol–water partition coefficient (Wildman–Crippen LogP) is 6.31. The summed E-state index contributed by atoms with van der Waals surface area (Å²) in [5.74, 6) is 0.332. The van der Waals surface area contributed by atoms with Gasteiger partial charge in [0.1, 0.15) is 0 Å². The van der Waals surface area contributed by atoms with Gasteiger partial charge in [-0.05, 0) is 28.3 Å². The molecule has 106 valence electrons. The summed E-state index contributed by atoms with van der Waals surface area (Å²) in [5, 5.41) is 2.50. The van der Waals surface area contributed by atoms with E-state index in [2.05, 4.69) is 79.7 Å². The van der Waals surface area contributed by atoms with Gasteiger partial charge in [0.15, 0.2) is 0 Å². The molecule has 0 aliphatic rings. The van der Waals surface area contributed by atoms with E-state index in [9.17, 15) is 0 Å². The Morgan fingerprint density at radius 3 is 2.24 bits per heavy atom. The molecule has 0 nitrogen and oxygen atoms in total. The first-order valence-electron chi connectivity index (χ1n) is 7.48. The minimum absolute atomic E-state index is 0.0106. The van der Waals surface area contributed by atoms with Gasteiger partial charge < -0.3 is 0 Å². The summed E-state index contributed by atoms with van der Waals surface area (Å²) >= 11 is 6.89. The highest BCUT2D eigenvalue weighted by atomic mass is 35.5. The smallest absolute Gasteiger partial charge is 0.0659 e. The first kappa shape index (κ1) is 14.2. The molecule has 3 aromatic rings. The van der Waals surface area contributed by atoms with E-state index in [4.69, 9.17) is 11.6 Å². The summed E-state index contributed by atoms with van der Waals surface area (Å²) in [6.45, 7) is 2.21. The second-order valence-electron chi connectivity index (χ2n) is 5.40. The fraction of sp³-hybridized carbons (Fsp3) is 0.200. The SMILES string of the molecule is CCC(c1ccccc1)C(Cl)c1cccc2ccccc12. The molecule has 0 aliphatic heterocycles. The van der Waals surface area contributed by atoms with Crippen molar-refractivity contribution in [1.82, 2.24) is 0 Å². The predicted molar refractivity (Wildman–Crippen MR) is 92.0 cm³/mol. The number of benzene rings is 3. The maximum absolute atomic E-state index is 6.89. The molecule has 2 unspecified atom stereocenters. The van der Waals surface area contributed by atoms with Gasteiger partial charge in [-0.3, -0.25) is 0 Å². The van der Waals surface area contributed by atoms with Crippen molar-refractivity contribution in [3.8, 4) is 0 Å².